The monoisotopic (exact) mass is 510 g/mol. The Morgan fingerprint density at radius 2 is 1.83 bits per heavy atom. The van der Waals surface area contributed by atoms with Crippen LogP contribution in [0.4, 0.5) is 0 Å². The molecule has 0 radical (unpaired) electrons. The first-order valence-corrected chi connectivity index (χ1v) is 12.7. The number of carbonyl (C=O) groups excluding carboxylic acids is 2. The van der Waals surface area contributed by atoms with Crippen molar-refractivity contribution < 1.29 is 14.7 Å². The second-order valence-corrected chi connectivity index (χ2v) is 10.4. The van der Waals surface area contributed by atoms with Gasteiger partial charge >= 0.3 is 0 Å². The molecule has 0 spiro atoms. The minimum absolute atomic E-state index is 0.209. The summed E-state index contributed by atoms with van der Waals surface area (Å²) in [6, 6.07) is 6.03. The van der Waals surface area contributed by atoms with E-state index in [1.54, 1.807) is 24.3 Å². The van der Waals surface area contributed by atoms with Gasteiger partial charge in [0.15, 0.2) is 0 Å². The molecule has 6 heteroatoms. The molecule has 1 atom stereocenters. The van der Waals surface area contributed by atoms with Crippen molar-refractivity contribution in [3.8, 4) is 0 Å². The number of rotatable bonds is 10. The molecule has 0 saturated carbocycles. The highest BCUT2D eigenvalue weighted by molar-refractivity contribution is 6.30. The summed E-state index contributed by atoms with van der Waals surface area (Å²) in [5, 5.41) is 15.4. The number of amides is 2. The highest BCUT2D eigenvalue weighted by Gasteiger charge is 2.26. The van der Waals surface area contributed by atoms with E-state index >= 15 is 0 Å². The first-order chi connectivity index (χ1) is 17.0. The molecule has 194 valence electrons. The number of hydrogen-bond acceptors (Lipinski definition) is 3. The molecule has 1 aromatic carbocycles. The van der Waals surface area contributed by atoms with Crippen LogP contribution in [0.5, 0.6) is 0 Å². The van der Waals surface area contributed by atoms with Crippen molar-refractivity contribution in [1.29, 1.82) is 0 Å². The molecule has 1 aromatic rings. The van der Waals surface area contributed by atoms with Crippen LogP contribution in [-0.2, 0) is 16.1 Å². The van der Waals surface area contributed by atoms with Gasteiger partial charge in [0.05, 0.1) is 6.61 Å². The van der Waals surface area contributed by atoms with E-state index in [4.69, 9.17) is 11.6 Å². The number of halogens is 1. The summed E-state index contributed by atoms with van der Waals surface area (Å²) in [6.07, 6.45) is 15.1. The van der Waals surface area contributed by atoms with Gasteiger partial charge in [0.2, 0.25) is 11.8 Å². The van der Waals surface area contributed by atoms with Crippen molar-refractivity contribution in [2.75, 3.05) is 6.61 Å². The van der Waals surface area contributed by atoms with Crippen molar-refractivity contribution in [3.05, 3.63) is 93.6 Å². The molecular formula is C30H39ClN2O3. The Morgan fingerprint density at radius 3 is 2.47 bits per heavy atom. The Balaban J connectivity index is 1.89. The van der Waals surface area contributed by atoms with Crippen LogP contribution in [0.3, 0.4) is 0 Å². The lowest BCUT2D eigenvalue weighted by atomic mass is 9.72. The van der Waals surface area contributed by atoms with Gasteiger partial charge in [-0.15, -0.1) is 0 Å². The summed E-state index contributed by atoms with van der Waals surface area (Å²) in [4.78, 5) is 24.7. The largest absolute Gasteiger partial charge is 0.394 e. The quantitative estimate of drug-likeness (QED) is 0.268. The molecule has 0 fully saturated rings. The van der Waals surface area contributed by atoms with E-state index in [1.165, 1.54) is 36.5 Å². The van der Waals surface area contributed by atoms with Gasteiger partial charge in [-0.3, -0.25) is 9.59 Å². The molecule has 0 bridgehead atoms. The molecule has 0 aromatic heterocycles. The van der Waals surface area contributed by atoms with E-state index in [0.717, 1.165) is 16.7 Å². The average Bonchev–Trinajstić information content (AvgIpc) is 2.81. The fraction of sp³-hybridized carbons (Fsp3) is 0.400. The lowest BCUT2D eigenvalue weighted by Crippen LogP contribution is -2.48. The van der Waals surface area contributed by atoms with E-state index in [-0.39, 0.29) is 12.0 Å². The maximum absolute atomic E-state index is 12.4. The highest BCUT2D eigenvalue weighted by Crippen LogP contribution is 2.40. The first kappa shape index (κ1) is 29.3. The third kappa shape index (κ3) is 9.63. The molecule has 0 aliphatic heterocycles. The van der Waals surface area contributed by atoms with Crippen molar-refractivity contribution in [1.82, 2.24) is 10.6 Å². The van der Waals surface area contributed by atoms with Crippen LogP contribution in [0.25, 0.3) is 0 Å². The van der Waals surface area contributed by atoms with Gasteiger partial charge in [0, 0.05) is 17.6 Å². The SMILES string of the molecule is CC(C=CC1=C(C)CCCC1(C)C)=CC=CC(C)=CC(=O)NC(CO)C(=O)NCc1ccc(Cl)cc1. The molecule has 1 aliphatic rings. The smallest absolute Gasteiger partial charge is 0.245 e. The Morgan fingerprint density at radius 1 is 1.14 bits per heavy atom. The lowest BCUT2D eigenvalue weighted by Gasteiger charge is -2.32. The van der Waals surface area contributed by atoms with Crippen LogP contribution in [0.1, 0.15) is 59.4 Å². The molecule has 0 saturated heterocycles. The van der Waals surface area contributed by atoms with Gasteiger partial charge in [0.1, 0.15) is 6.04 Å². The molecule has 36 heavy (non-hydrogen) atoms. The zero-order chi connectivity index (χ0) is 26.7. The van der Waals surface area contributed by atoms with Crippen LogP contribution < -0.4 is 10.6 Å². The molecule has 3 N–H and O–H groups in total. The molecule has 0 heterocycles. The normalized spacial score (nSPS) is 17.5. The first-order valence-electron chi connectivity index (χ1n) is 12.4. The minimum atomic E-state index is -1.04. The third-order valence-electron chi connectivity index (χ3n) is 6.33. The summed E-state index contributed by atoms with van der Waals surface area (Å²) in [5.41, 5.74) is 5.81. The number of carbonyl (C=O) groups is 2. The lowest BCUT2D eigenvalue weighted by molar-refractivity contribution is -0.128. The molecule has 2 rings (SSSR count). The van der Waals surface area contributed by atoms with Crippen LogP contribution in [0, 0.1) is 5.41 Å². The maximum atomic E-state index is 12.4. The van der Waals surface area contributed by atoms with Crippen molar-refractivity contribution in [2.45, 2.75) is 66.5 Å². The number of nitrogens with one attached hydrogen (secondary N) is 2. The molecule has 1 aliphatic carbocycles. The summed E-state index contributed by atoms with van der Waals surface area (Å²) in [6.45, 7) is 10.5. The zero-order valence-corrected chi connectivity index (χ0v) is 22.8. The summed E-state index contributed by atoms with van der Waals surface area (Å²) < 4.78 is 0. The minimum Gasteiger partial charge on any atom is -0.394 e. The number of aliphatic hydroxyl groups excluding tert-OH is 1. The second-order valence-electron chi connectivity index (χ2n) is 10.0. The van der Waals surface area contributed by atoms with Gasteiger partial charge < -0.3 is 15.7 Å². The Bertz CT molecular complexity index is 1080. The average molecular weight is 511 g/mol. The Labute approximate surface area is 220 Å². The van der Waals surface area contributed by atoms with E-state index in [9.17, 15) is 14.7 Å². The van der Waals surface area contributed by atoms with Crippen LogP contribution in [-0.4, -0.2) is 29.6 Å². The Hall–Kier alpha value is -2.89. The summed E-state index contributed by atoms with van der Waals surface area (Å²) >= 11 is 5.86. The third-order valence-corrected chi connectivity index (χ3v) is 6.58. The van der Waals surface area contributed by atoms with E-state index in [0.29, 0.717) is 5.02 Å². The van der Waals surface area contributed by atoms with Gasteiger partial charge in [0.25, 0.3) is 0 Å². The topological polar surface area (TPSA) is 78.4 Å². The predicted octanol–water partition coefficient (Wildman–Crippen LogP) is 5.96. The number of aliphatic hydroxyl groups is 1. The Kier molecular flexibility index (Phi) is 11.4. The van der Waals surface area contributed by atoms with Crippen molar-refractivity contribution >= 4 is 23.4 Å². The van der Waals surface area contributed by atoms with Crippen LogP contribution in [0.15, 0.2) is 83.0 Å². The van der Waals surface area contributed by atoms with Gasteiger partial charge in [-0.2, -0.15) is 0 Å². The van der Waals surface area contributed by atoms with Crippen LogP contribution >= 0.6 is 11.6 Å². The zero-order valence-electron chi connectivity index (χ0n) is 22.0. The number of hydrogen-bond donors (Lipinski definition) is 3. The second kappa shape index (κ2) is 14.0. The summed E-state index contributed by atoms with van der Waals surface area (Å²) in [5.74, 6) is -0.903. The van der Waals surface area contributed by atoms with Gasteiger partial charge in [-0.05, 0) is 74.3 Å². The summed E-state index contributed by atoms with van der Waals surface area (Å²) in [7, 11) is 0. The number of allylic oxidation sites excluding steroid dienone is 9. The fourth-order valence-corrected chi connectivity index (χ4v) is 4.34. The van der Waals surface area contributed by atoms with E-state index in [1.807, 2.05) is 32.1 Å². The molecule has 5 nitrogen and oxygen atoms in total. The van der Waals surface area contributed by atoms with Gasteiger partial charge in [-0.1, -0.05) is 79.1 Å². The standard InChI is InChI=1S/C30H39ClN2O3/c1-21(11-16-26-23(3)10-7-17-30(26,4)5)8-6-9-22(2)18-28(35)33-27(20-34)29(36)32-19-24-12-14-25(31)15-13-24/h6,8-9,11-16,18,27,34H,7,10,17,19-20H2,1-5H3,(H,32,36)(H,33,35). The van der Waals surface area contributed by atoms with Crippen molar-refractivity contribution in [2.24, 2.45) is 5.41 Å². The molecule has 1 unspecified atom stereocenters. The maximum Gasteiger partial charge on any atom is 0.245 e. The van der Waals surface area contributed by atoms with E-state index in [2.05, 4.69) is 43.6 Å². The van der Waals surface area contributed by atoms with E-state index < -0.39 is 24.5 Å². The van der Waals surface area contributed by atoms with Crippen LogP contribution in [0.2, 0.25) is 5.02 Å². The van der Waals surface area contributed by atoms with Gasteiger partial charge in [-0.25, -0.2) is 0 Å². The highest BCUT2D eigenvalue weighted by atomic mass is 35.5. The molecular weight excluding hydrogens is 472 g/mol. The predicted molar refractivity (Wildman–Crippen MR) is 148 cm³/mol. The molecule has 2 amide bonds. The number of benzene rings is 1. The fourth-order valence-electron chi connectivity index (χ4n) is 4.21. The van der Waals surface area contributed by atoms with Crippen molar-refractivity contribution in [3.63, 3.8) is 0 Å².